The normalized spacial score (nSPS) is 17.8. The van der Waals surface area contributed by atoms with E-state index in [0.29, 0.717) is 19.4 Å². The number of nitrogens with zero attached hydrogens (tertiary/aromatic N) is 1. The van der Waals surface area contributed by atoms with E-state index in [1.807, 2.05) is 44.2 Å². The summed E-state index contributed by atoms with van der Waals surface area (Å²) in [5, 5.41) is 6.94. The molecule has 0 aromatic heterocycles. The van der Waals surface area contributed by atoms with Gasteiger partial charge in [-0.1, -0.05) is 44.2 Å². The first kappa shape index (κ1) is 21.7. The monoisotopic (exact) mass is 390 g/mol. The average molecular weight is 390 g/mol. The van der Waals surface area contributed by atoms with E-state index in [0.717, 1.165) is 12.0 Å². The Kier molecular flexibility index (Phi) is 8.25. The minimum Gasteiger partial charge on any atom is -0.445 e. The first-order chi connectivity index (χ1) is 13.4. The SMILES string of the molecule is CC(C)C[C@H](NC(=O)OCc1ccccc1)C(=O)NN(C)C1CCCNC1=O. The lowest BCUT2D eigenvalue weighted by Crippen LogP contribution is -2.58. The Morgan fingerprint density at radius 1 is 1.29 bits per heavy atom. The molecule has 1 aliphatic rings. The summed E-state index contributed by atoms with van der Waals surface area (Å²) in [5.74, 6) is -0.288. The first-order valence-corrected chi connectivity index (χ1v) is 9.65. The third-order valence-electron chi connectivity index (χ3n) is 4.54. The number of hydrazine groups is 1. The van der Waals surface area contributed by atoms with Crippen LogP contribution >= 0.6 is 0 Å². The van der Waals surface area contributed by atoms with E-state index >= 15 is 0 Å². The van der Waals surface area contributed by atoms with Gasteiger partial charge in [-0.3, -0.25) is 15.0 Å². The maximum atomic E-state index is 12.7. The van der Waals surface area contributed by atoms with Crippen molar-refractivity contribution in [2.75, 3.05) is 13.6 Å². The van der Waals surface area contributed by atoms with E-state index < -0.39 is 18.2 Å². The maximum absolute atomic E-state index is 12.7. The summed E-state index contributed by atoms with van der Waals surface area (Å²) in [5.41, 5.74) is 3.59. The van der Waals surface area contributed by atoms with Gasteiger partial charge in [0.15, 0.2) is 0 Å². The number of rotatable bonds is 8. The Bertz CT molecular complexity index is 665. The predicted molar refractivity (Wildman–Crippen MR) is 105 cm³/mol. The second-order valence-corrected chi connectivity index (χ2v) is 7.42. The molecule has 0 saturated carbocycles. The van der Waals surface area contributed by atoms with Crippen molar-refractivity contribution in [3.8, 4) is 0 Å². The third-order valence-corrected chi connectivity index (χ3v) is 4.54. The summed E-state index contributed by atoms with van der Waals surface area (Å²) in [6, 6.07) is 8.16. The van der Waals surface area contributed by atoms with E-state index in [1.165, 1.54) is 5.01 Å². The van der Waals surface area contributed by atoms with Crippen LogP contribution in [-0.2, 0) is 20.9 Å². The van der Waals surface area contributed by atoms with Gasteiger partial charge in [0.05, 0.1) is 0 Å². The largest absolute Gasteiger partial charge is 0.445 e. The minimum atomic E-state index is -0.752. The van der Waals surface area contributed by atoms with E-state index in [2.05, 4.69) is 16.1 Å². The minimum absolute atomic E-state index is 0.107. The highest BCUT2D eigenvalue weighted by molar-refractivity contribution is 5.86. The van der Waals surface area contributed by atoms with Crippen molar-refractivity contribution in [1.29, 1.82) is 0 Å². The van der Waals surface area contributed by atoms with Crippen molar-refractivity contribution in [3.63, 3.8) is 0 Å². The molecule has 8 nitrogen and oxygen atoms in total. The quantitative estimate of drug-likeness (QED) is 0.585. The average Bonchev–Trinajstić information content (AvgIpc) is 2.66. The Morgan fingerprint density at radius 3 is 2.64 bits per heavy atom. The standard InChI is InChI=1S/C20H30N4O4/c1-14(2)12-16(22-20(27)28-13-15-8-5-4-6-9-15)18(25)23-24(3)17-10-7-11-21-19(17)26/h4-6,8-9,14,16-17H,7,10-13H2,1-3H3,(H,21,26)(H,22,27)(H,23,25)/t16-,17?/m0/s1. The maximum Gasteiger partial charge on any atom is 0.408 e. The number of carbonyl (C=O) groups is 3. The Labute approximate surface area is 166 Å². The highest BCUT2D eigenvalue weighted by Gasteiger charge is 2.29. The third kappa shape index (κ3) is 6.84. The molecule has 0 aliphatic carbocycles. The van der Waals surface area contributed by atoms with Crippen LogP contribution in [0.3, 0.4) is 0 Å². The molecule has 154 valence electrons. The van der Waals surface area contributed by atoms with E-state index in [-0.39, 0.29) is 24.3 Å². The molecule has 1 aliphatic heterocycles. The summed E-state index contributed by atoms with van der Waals surface area (Å²) in [6.07, 6.45) is 1.33. The topological polar surface area (TPSA) is 99.8 Å². The number of benzene rings is 1. The highest BCUT2D eigenvalue weighted by atomic mass is 16.5. The van der Waals surface area contributed by atoms with Crippen LogP contribution < -0.4 is 16.1 Å². The molecule has 0 spiro atoms. The lowest BCUT2D eigenvalue weighted by atomic mass is 10.0. The number of carbonyl (C=O) groups excluding carboxylic acids is 3. The zero-order chi connectivity index (χ0) is 20.5. The summed E-state index contributed by atoms with van der Waals surface area (Å²) < 4.78 is 5.22. The van der Waals surface area contributed by atoms with E-state index in [9.17, 15) is 14.4 Å². The smallest absolute Gasteiger partial charge is 0.408 e. The summed E-state index contributed by atoms with van der Waals surface area (Å²) >= 11 is 0. The number of ether oxygens (including phenoxy) is 1. The second-order valence-electron chi connectivity index (χ2n) is 7.42. The van der Waals surface area contributed by atoms with Gasteiger partial charge in [0.25, 0.3) is 5.91 Å². The van der Waals surface area contributed by atoms with Crippen LogP contribution in [0.2, 0.25) is 0 Å². The van der Waals surface area contributed by atoms with Gasteiger partial charge in [0.1, 0.15) is 18.7 Å². The predicted octanol–water partition coefficient (Wildman–Crippen LogP) is 1.57. The molecule has 3 N–H and O–H groups in total. The van der Waals surface area contributed by atoms with Crippen molar-refractivity contribution in [2.45, 2.75) is 51.8 Å². The summed E-state index contributed by atoms with van der Waals surface area (Å²) in [4.78, 5) is 36.8. The van der Waals surface area contributed by atoms with Crippen LogP contribution in [0.15, 0.2) is 30.3 Å². The first-order valence-electron chi connectivity index (χ1n) is 9.65. The van der Waals surface area contributed by atoms with Crippen molar-refractivity contribution < 1.29 is 19.1 Å². The second kappa shape index (κ2) is 10.7. The number of amides is 3. The van der Waals surface area contributed by atoms with Crippen molar-refractivity contribution >= 4 is 17.9 Å². The van der Waals surface area contributed by atoms with Crippen LogP contribution in [-0.4, -0.2) is 48.6 Å². The summed E-state index contributed by atoms with van der Waals surface area (Å²) in [7, 11) is 1.66. The molecule has 1 fully saturated rings. The molecule has 1 saturated heterocycles. The zero-order valence-electron chi connectivity index (χ0n) is 16.7. The molecule has 1 unspecified atom stereocenters. The van der Waals surface area contributed by atoms with Crippen LogP contribution in [0.1, 0.15) is 38.7 Å². The molecule has 2 rings (SSSR count). The van der Waals surface area contributed by atoms with Crippen LogP contribution in [0.5, 0.6) is 0 Å². The van der Waals surface area contributed by atoms with Crippen LogP contribution in [0, 0.1) is 5.92 Å². The molecule has 0 radical (unpaired) electrons. The lowest BCUT2D eigenvalue weighted by molar-refractivity contribution is -0.134. The number of hydrogen-bond donors (Lipinski definition) is 3. The molecule has 1 aromatic carbocycles. The Morgan fingerprint density at radius 2 is 2.00 bits per heavy atom. The Hall–Kier alpha value is -2.61. The molecule has 0 bridgehead atoms. The molecular formula is C20H30N4O4. The summed E-state index contributed by atoms with van der Waals surface area (Å²) in [6.45, 7) is 4.72. The molecule has 2 atom stereocenters. The molecule has 28 heavy (non-hydrogen) atoms. The number of likely N-dealkylation sites (N-methyl/N-ethyl adjacent to an activating group) is 1. The number of hydrogen-bond acceptors (Lipinski definition) is 5. The molecule has 3 amide bonds. The fourth-order valence-electron chi connectivity index (χ4n) is 3.07. The molecule has 1 aromatic rings. The fourth-order valence-corrected chi connectivity index (χ4v) is 3.07. The van der Waals surface area contributed by atoms with Gasteiger partial charge in [-0.25, -0.2) is 9.80 Å². The Balaban J connectivity index is 1.90. The molecular weight excluding hydrogens is 360 g/mol. The van der Waals surface area contributed by atoms with Crippen LogP contribution in [0.25, 0.3) is 0 Å². The molecule has 8 heteroatoms. The van der Waals surface area contributed by atoms with E-state index in [4.69, 9.17) is 4.74 Å². The fraction of sp³-hybridized carbons (Fsp3) is 0.550. The number of piperidine rings is 1. The van der Waals surface area contributed by atoms with Gasteiger partial charge < -0.3 is 15.4 Å². The lowest BCUT2D eigenvalue weighted by Gasteiger charge is -2.31. The van der Waals surface area contributed by atoms with Gasteiger partial charge in [-0.15, -0.1) is 0 Å². The van der Waals surface area contributed by atoms with E-state index in [1.54, 1.807) is 7.05 Å². The van der Waals surface area contributed by atoms with Crippen molar-refractivity contribution in [1.82, 2.24) is 21.1 Å². The van der Waals surface area contributed by atoms with Crippen LogP contribution in [0.4, 0.5) is 4.79 Å². The van der Waals surface area contributed by atoms with Gasteiger partial charge in [-0.2, -0.15) is 0 Å². The molecule has 1 heterocycles. The van der Waals surface area contributed by atoms with Gasteiger partial charge >= 0.3 is 6.09 Å². The van der Waals surface area contributed by atoms with Crippen molar-refractivity contribution in [2.24, 2.45) is 5.92 Å². The van der Waals surface area contributed by atoms with Gasteiger partial charge in [0.2, 0.25) is 5.91 Å². The van der Waals surface area contributed by atoms with Gasteiger partial charge in [-0.05, 0) is 30.7 Å². The van der Waals surface area contributed by atoms with Crippen molar-refractivity contribution in [3.05, 3.63) is 35.9 Å². The zero-order valence-corrected chi connectivity index (χ0v) is 16.7. The highest BCUT2D eigenvalue weighted by Crippen LogP contribution is 2.10. The number of alkyl carbamates (subject to hydrolysis) is 1. The number of nitrogens with one attached hydrogen (secondary N) is 3. The van der Waals surface area contributed by atoms with Gasteiger partial charge in [0, 0.05) is 13.6 Å².